The summed E-state index contributed by atoms with van der Waals surface area (Å²) in [5, 5.41) is 12.6. The molecule has 1 aliphatic rings. The standard InChI is InChI=1S/C29H36N6O4Si/c1-6-37-27(36)29(35-20-33-26-24(25(35)30)31-19-32-26)17-21(34(5)39-29)18-38-40(28(2,3)4,22-13-9-7-10-14-22)23-15-11-8-12-16-23/h7-16,19-21,30H,6,17-18H2,1-5H3,(H,31,32)/t21-,29-/m0/s1. The number of carbonyl (C=O) groups excluding carboxylic acids is 1. The predicted octanol–water partition coefficient (Wildman–Crippen LogP) is 2.67. The molecule has 1 saturated heterocycles. The Morgan fingerprint density at radius 3 is 2.33 bits per heavy atom. The van der Waals surface area contributed by atoms with Gasteiger partial charge < -0.3 is 14.1 Å². The number of fused-ring (bicyclic) bond motifs is 1. The van der Waals surface area contributed by atoms with E-state index in [1.54, 1.807) is 19.0 Å². The number of hydrogen-bond acceptors (Lipinski definition) is 8. The van der Waals surface area contributed by atoms with Gasteiger partial charge in [-0.05, 0) is 22.3 Å². The van der Waals surface area contributed by atoms with Crippen molar-refractivity contribution in [2.75, 3.05) is 20.3 Å². The smallest absolute Gasteiger partial charge is 0.362 e. The molecule has 4 aromatic rings. The summed E-state index contributed by atoms with van der Waals surface area (Å²) in [6.45, 7) is 8.90. The number of ether oxygens (including phenoxy) is 1. The molecular formula is C29H36N6O4Si. The first kappa shape index (κ1) is 27.9. The van der Waals surface area contributed by atoms with Gasteiger partial charge in [0, 0.05) is 13.5 Å². The number of nitrogens with zero attached hydrogens (tertiary/aromatic N) is 4. The molecule has 0 bridgehead atoms. The van der Waals surface area contributed by atoms with Gasteiger partial charge in [0.1, 0.15) is 11.8 Å². The van der Waals surface area contributed by atoms with Crippen LogP contribution in [0.1, 0.15) is 34.1 Å². The Labute approximate surface area is 234 Å². The number of rotatable bonds is 8. The maximum absolute atomic E-state index is 13.5. The van der Waals surface area contributed by atoms with Gasteiger partial charge in [-0.3, -0.25) is 14.8 Å². The normalized spacial score (nSPS) is 20.2. The van der Waals surface area contributed by atoms with E-state index in [4.69, 9.17) is 19.4 Å². The Hall–Kier alpha value is -3.64. The molecule has 1 fully saturated rings. The summed E-state index contributed by atoms with van der Waals surface area (Å²) in [5.74, 6) is -0.589. The van der Waals surface area contributed by atoms with E-state index < -0.39 is 20.0 Å². The summed E-state index contributed by atoms with van der Waals surface area (Å²) in [7, 11) is -1.04. The number of nitrogens with one attached hydrogen (secondary N) is 2. The lowest BCUT2D eigenvalue weighted by Gasteiger charge is -2.43. The lowest BCUT2D eigenvalue weighted by molar-refractivity contribution is -0.238. The number of aromatic amines is 1. The molecule has 1 aliphatic heterocycles. The van der Waals surface area contributed by atoms with Crippen molar-refractivity contribution in [1.29, 1.82) is 5.41 Å². The molecule has 210 valence electrons. The van der Waals surface area contributed by atoms with E-state index in [1.165, 1.54) is 27.6 Å². The molecule has 40 heavy (non-hydrogen) atoms. The van der Waals surface area contributed by atoms with E-state index in [-0.39, 0.29) is 29.6 Å². The second kappa shape index (κ2) is 10.7. The van der Waals surface area contributed by atoms with Crippen LogP contribution in [0.4, 0.5) is 0 Å². The summed E-state index contributed by atoms with van der Waals surface area (Å²) in [6, 6.07) is 20.5. The third-order valence-corrected chi connectivity index (χ3v) is 12.6. The van der Waals surface area contributed by atoms with E-state index in [0.29, 0.717) is 17.8 Å². The molecule has 2 aromatic heterocycles. The Bertz CT molecular complexity index is 1500. The number of carbonyl (C=O) groups is 1. The SMILES string of the molecule is CCOC(=O)[C@]1(n2cnc3nc[nH]c3c2=N)C[C@@H](CO[Si](c2ccccc2)(c2ccccc2)C(C)(C)C)N(C)O1. The summed E-state index contributed by atoms with van der Waals surface area (Å²) in [5.41, 5.74) is -0.798. The lowest BCUT2D eigenvalue weighted by Crippen LogP contribution is -2.67. The fourth-order valence-electron chi connectivity index (χ4n) is 5.67. The highest BCUT2D eigenvalue weighted by molar-refractivity contribution is 6.99. The molecule has 3 heterocycles. The third kappa shape index (κ3) is 4.58. The maximum atomic E-state index is 13.5. The second-order valence-electron chi connectivity index (χ2n) is 11.0. The minimum Gasteiger partial charge on any atom is -0.462 e. The Balaban J connectivity index is 1.55. The van der Waals surface area contributed by atoms with Crippen LogP contribution >= 0.6 is 0 Å². The minimum atomic E-state index is -2.82. The molecule has 0 amide bonds. The number of likely N-dealkylation sites (N-methyl/N-ethyl adjacent to an activating group) is 1. The first-order valence-electron chi connectivity index (χ1n) is 13.4. The van der Waals surface area contributed by atoms with Crippen LogP contribution in [0.3, 0.4) is 0 Å². The molecule has 2 aromatic carbocycles. The van der Waals surface area contributed by atoms with Crippen molar-refractivity contribution in [3.8, 4) is 0 Å². The molecule has 10 nitrogen and oxygen atoms in total. The average Bonchev–Trinajstić information content (AvgIpc) is 3.55. The van der Waals surface area contributed by atoms with Crippen molar-refractivity contribution in [3.63, 3.8) is 0 Å². The van der Waals surface area contributed by atoms with Gasteiger partial charge in [-0.25, -0.2) is 14.8 Å². The van der Waals surface area contributed by atoms with E-state index >= 15 is 0 Å². The number of hydroxylamine groups is 2. The zero-order chi connectivity index (χ0) is 28.5. The number of H-pyrrole nitrogens is 1. The molecule has 0 unspecified atom stereocenters. The van der Waals surface area contributed by atoms with Gasteiger partial charge in [0.15, 0.2) is 11.1 Å². The molecular weight excluding hydrogens is 524 g/mol. The van der Waals surface area contributed by atoms with Gasteiger partial charge in [0.25, 0.3) is 14.0 Å². The summed E-state index contributed by atoms with van der Waals surface area (Å²) in [4.78, 5) is 31.2. The Kier molecular flexibility index (Phi) is 7.49. The first-order chi connectivity index (χ1) is 19.1. The molecule has 11 heteroatoms. The molecule has 0 saturated carbocycles. The van der Waals surface area contributed by atoms with Gasteiger partial charge in [0.2, 0.25) is 0 Å². The fraction of sp³-hybridized carbons (Fsp3) is 0.379. The van der Waals surface area contributed by atoms with Crippen molar-refractivity contribution in [2.24, 2.45) is 0 Å². The van der Waals surface area contributed by atoms with Gasteiger partial charge >= 0.3 is 5.97 Å². The maximum Gasteiger partial charge on any atom is 0.362 e. The van der Waals surface area contributed by atoms with Crippen molar-refractivity contribution >= 4 is 35.8 Å². The summed E-state index contributed by atoms with van der Waals surface area (Å²) >= 11 is 0. The molecule has 5 rings (SSSR count). The van der Waals surface area contributed by atoms with Crippen LogP contribution in [0.2, 0.25) is 5.04 Å². The van der Waals surface area contributed by atoms with E-state index in [0.717, 1.165) is 0 Å². The largest absolute Gasteiger partial charge is 0.462 e. The fourth-order valence-corrected chi connectivity index (χ4v) is 10.3. The van der Waals surface area contributed by atoms with Crippen molar-refractivity contribution < 1.29 is 18.8 Å². The number of esters is 1. The molecule has 2 N–H and O–H groups in total. The van der Waals surface area contributed by atoms with Crippen LogP contribution in [-0.4, -0.2) is 65.2 Å². The highest BCUT2D eigenvalue weighted by atomic mass is 28.4. The van der Waals surface area contributed by atoms with Gasteiger partial charge in [-0.1, -0.05) is 81.4 Å². The predicted molar refractivity (Wildman–Crippen MR) is 153 cm³/mol. The second-order valence-corrected chi connectivity index (χ2v) is 15.3. The highest BCUT2D eigenvalue weighted by Crippen LogP contribution is 2.39. The molecule has 0 spiro atoms. The van der Waals surface area contributed by atoms with Crippen LogP contribution in [0, 0.1) is 5.41 Å². The molecule has 0 radical (unpaired) electrons. The number of imidazole rings is 1. The average molecular weight is 561 g/mol. The third-order valence-electron chi connectivity index (χ3n) is 7.61. The summed E-state index contributed by atoms with van der Waals surface area (Å²) < 4.78 is 14.1. The number of hydrogen-bond donors (Lipinski definition) is 2. The zero-order valence-corrected chi connectivity index (χ0v) is 24.5. The van der Waals surface area contributed by atoms with Gasteiger partial charge in [-0.2, -0.15) is 5.06 Å². The summed E-state index contributed by atoms with van der Waals surface area (Å²) in [6.07, 6.45) is 3.10. The van der Waals surface area contributed by atoms with Crippen molar-refractivity contribution in [1.82, 2.24) is 24.6 Å². The first-order valence-corrected chi connectivity index (χ1v) is 15.3. The number of aromatic nitrogens is 4. The van der Waals surface area contributed by atoms with E-state index in [1.807, 2.05) is 12.1 Å². The van der Waals surface area contributed by atoms with Crippen LogP contribution in [0.5, 0.6) is 0 Å². The van der Waals surface area contributed by atoms with Crippen LogP contribution < -0.4 is 15.9 Å². The zero-order valence-electron chi connectivity index (χ0n) is 23.5. The van der Waals surface area contributed by atoms with Crippen molar-refractivity contribution in [2.45, 2.75) is 50.9 Å². The monoisotopic (exact) mass is 560 g/mol. The molecule has 0 aliphatic carbocycles. The minimum absolute atomic E-state index is 0.0255. The lowest BCUT2D eigenvalue weighted by atomic mass is 10.1. The van der Waals surface area contributed by atoms with E-state index in [9.17, 15) is 4.79 Å². The van der Waals surface area contributed by atoms with Crippen LogP contribution in [0.25, 0.3) is 11.2 Å². The van der Waals surface area contributed by atoms with Crippen molar-refractivity contribution in [3.05, 3.63) is 78.8 Å². The van der Waals surface area contributed by atoms with E-state index in [2.05, 4.69) is 84.3 Å². The Morgan fingerprint density at radius 2 is 1.75 bits per heavy atom. The Morgan fingerprint density at radius 1 is 1.12 bits per heavy atom. The number of benzene rings is 2. The van der Waals surface area contributed by atoms with Gasteiger partial charge in [-0.15, -0.1) is 0 Å². The highest BCUT2D eigenvalue weighted by Gasteiger charge is 2.56. The van der Waals surface area contributed by atoms with Crippen LogP contribution in [0.15, 0.2) is 73.3 Å². The topological polar surface area (TPSA) is 118 Å². The molecule has 2 atom stereocenters. The quantitative estimate of drug-likeness (QED) is 0.251. The van der Waals surface area contributed by atoms with Gasteiger partial charge in [0.05, 0.1) is 25.6 Å². The van der Waals surface area contributed by atoms with Crippen LogP contribution in [-0.2, 0) is 24.5 Å².